The number of aryl methyl sites for hydroxylation is 1. The largest absolute Gasteiger partial charge is 0.379 e. The van der Waals surface area contributed by atoms with E-state index in [2.05, 4.69) is 25.8 Å². The molecular formula is C15H28IN5O3. The number of guanidine groups is 1. The molecule has 24 heavy (non-hydrogen) atoms. The number of aromatic nitrogens is 2. The van der Waals surface area contributed by atoms with Crippen molar-refractivity contribution in [2.24, 2.45) is 4.99 Å². The predicted molar refractivity (Wildman–Crippen MR) is 102 cm³/mol. The van der Waals surface area contributed by atoms with Gasteiger partial charge in [-0.3, -0.25) is 0 Å². The van der Waals surface area contributed by atoms with Gasteiger partial charge in [0.25, 0.3) is 0 Å². The Morgan fingerprint density at radius 2 is 2.29 bits per heavy atom. The van der Waals surface area contributed by atoms with Crippen LogP contribution in [0.4, 0.5) is 0 Å². The minimum Gasteiger partial charge on any atom is -0.379 e. The Bertz CT molecular complexity index is 477. The van der Waals surface area contributed by atoms with Gasteiger partial charge in [-0.05, 0) is 26.2 Å². The average molecular weight is 453 g/mol. The number of hydrogen-bond acceptors (Lipinski definition) is 6. The summed E-state index contributed by atoms with van der Waals surface area (Å²) in [6.45, 7) is 8.07. The Hall–Kier alpha value is -0.940. The molecule has 0 radical (unpaired) electrons. The molecule has 0 aromatic carbocycles. The number of ether oxygens (including phenoxy) is 2. The molecule has 0 saturated carbocycles. The van der Waals surface area contributed by atoms with Crippen LogP contribution in [0.15, 0.2) is 9.52 Å². The van der Waals surface area contributed by atoms with E-state index >= 15 is 0 Å². The average Bonchev–Trinajstić information content (AvgIpc) is 3.19. The Morgan fingerprint density at radius 3 is 2.96 bits per heavy atom. The first-order valence-corrected chi connectivity index (χ1v) is 8.28. The maximum Gasteiger partial charge on any atom is 0.223 e. The van der Waals surface area contributed by atoms with Gasteiger partial charge in [0.15, 0.2) is 11.8 Å². The summed E-state index contributed by atoms with van der Waals surface area (Å²) >= 11 is 0. The van der Waals surface area contributed by atoms with Crippen LogP contribution in [0.2, 0.25) is 0 Å². The summed E-state index contributed by atoms with van der Waals surface area (Å²) in [6.07, 6.45) is 3.47. The molecule has 1 unspecified atom stereocenters. The molecule has 2 rings (SSSR count). The monoisotopic (exact) mass is 453 g/mol. The van der Waals surface area contributed by atoms with Crippen LogP contribution in [-0.4, -0.2) is 55.1 Å². The van der Waals surface area contributed by atoms with Gasteiger partial charge in [-0.25, -0.2) is 4.99 Å². The van der Waals surface area contributed by atoms with E-state index in [1.807, 2.05) is 6.92 Å². The van der Waals surface area contributed by atoms with Crippen LogP contribution in [0, 0.1) is 6.92 Å². The summed E-state index contributed by atoms with van der Waals surface area (Å²) in [5.74, 6) is 1.88. The molecule has 9 heteroatoms. The Kier molecular flexibility index (Phi) is 10.9. The van der Waals surface area contributed by atoms with Crippen molar-refractivity contribution in [3.63, 3.8) is 0 Å². The molecule has 0 bridgehead atoms. The van der Waals surface area contributed by atoms with Gasteiger partial charge in [-0.1, -0.05) is 5.16 Å². The third-order valence-corrected chi connectivity index (χ3v) is 3.38. The van der Waals surface area contributed by atoms with Crippen LogP contribution in [-0.2, 0) is 16.0 Å². The summed E-state index contributed by atoms with van der Waals surface area (Å²) in [6, 6.07) is 0. The Morgan fingerprint density at radius 1 is 1.42 bits per heavy atom. The van der Waals surface area contributed by atoms with E-state index < -0.39 is 0 Å². The van der Waals surface area contributed by atoms with Crippen LogP contribution in [0.3, 0.4) is 0 Å². The molecule has 1 fully saturated rings. The maximum absolute atomic E-state index is 5.63. The standard InChI is InChI=1S/C15H27N5O3.HI/c1-3-16-15(18-10-14-19-12(2)23-20-14)17-7-5-8-21-11-13-6-4-9-22-13;/h13H,3-11H2,1-2H3,(H2,16,17,18);1H. The number of nitrogens with zero attached hydrogens (tertiary/aromatic N) is 3. The molecule has 2 N–H and O–H groups in total. The van der Waals surface area contributed by atoms with Crippen molar-refractivity contribution in [2.75, 3.05) is 32.9 Å². The van der Waals surface area contributed by atoms with E-state index in [9.17, 15) is 0 Å². The SMILES string of the molecule is CCNC(=NCc1noc(C)n1)NCCCOCC1CCCO1.I. The number of halogens is 1. The van der Waals surface area contributed by atoms with Crippen molar-refractivity contribution in [1.82, 2.24) is 20.8 Å². The molecule has 1 atom stereocenters. The van der Waals surface area contributed by atoms with Crippen LogP contribution < -0.4 is 10.6 Å². The third kappa shape index (κ3) is 8.25. The van der Waals surface area contributed by atoms with Crippen molar-refractivity contribution in [2.45, 2.75) is 45.8 Å². The normalized spacial score (nSPS) is 17.6. The molecule has 1 aromatic heterocycles. The highest BCUT2D eigenvalue weighted by Gasteiger charge is 2.14. The fraction of sp³-hybridized carbons (Fsp3) is 0.800. The number of aliphatic imine (C=N–C) groups is 1. The lowest BCUT2D eigenvalue weighted by atomic mass is 10.2. The minimum atomic E-state index is 0. The van der Waals surface area contributed by atoms with Gasteiger partial charge in [-0.15, -0.1) is 24.0 Å². The fourth-order valence-corrected chi connectivity index (χ4v) is 2.27. The van der Waals surface area contributed by atoms with Crippen LogP contribution in [0.1, 0.15) is 37.9 Å². The first kappa shape index (κ1) is 21.1. The number of nitrogens with one attached hydrogen (secondary N) is 2. The molecule has 2 heterocycles. The Balaban J connectivity index is 0.00000288. The predicted octanol–water partition coefficient (Wildman–Crippen LogP) is 1.64. The third-order valence-electron chi connectivity index (χ3n) is 3.38. The molecule has 138 valence electrons. The summed E-state index contributed by atoms with van der Waals surface area (Å²) in [4.78, 5) is 8.56. The highest BCUT2D eigenvalue weighted by atomic mass is 127. The van der Waals surface area contributed by atoms with Crippen molar-refractivity contribution in [3.8, 4) is 0 Å². The summed E-state index contributed by atoms with van der Waals surface area (Å²) in [5, 5.41) is 10.3. The highest BCUT2D eigenvalue weighted by molar-refractivity contribution is 14.0. The molecule has 0 amide bonds. The first-order valence-electron chi connectivity index (χ1n) is 8.28. The van der Waals surface area contributed by atoms with Gasteiger partial charge in [-0.2, -0.15) is 4.98 Å². The minimum absolute atomic E-state index is 0. The first-order chi connectivity index (χ1) is 11.3. The fourth-order valence-electron chi connectivity index (χ4n) is 2.27. The van der Waals surface area contributed by atoms with Gasteiger partial charge in [0.1, 0.15) is 6.54 Å². The van der Waals surface area contributed by atoms with Crippen LogP contribution in [0.5, 0.6) is 0 Å². The Labute approximate surface area is 160 Å². The smallest absolute Gasteiger partial charge is 0.223 e. The van der Waals surface area contributed by atoms with E-state index in [1.165, 1.54) is 0 Å². The van der Waals surface area contributed by atoms with E-state index in [0.717, 1.165) is 51.5 Å². The molecule has 8 nitrogen and oxygen atoms in total. The lowest BCUT2D eigenvalue weighted by molar-refractivity contribution is 0.0168. The second kappa shape index (κ2) is 12.4. The summed E-state index contributed by atoms with van der Waals surface area (Å²) in [5.41, 5.74) is 0. The zero-order chi connectivity index (χ0) is 16.3. The van der Waals surface area contributed by atoms with E-state index in [-0.39, 0.29) is 24.0 Å². The quantitative estimate of drug-likeness (QED) is 0.254. The molecular weight excluding hydrogens is 425 g/mol. The zero-order valence-corrected chi connectivity index (χ0v) is 16.7. The second-order valence-corrected chi connectivity index (χ2v) is 5.42. The topological polar surface area (TPSA) is 93.8 Å². The van der Waals surface area contributed by atoms with Gasteiger partial charge < -0.3 is 24.6 Å². The molecule has 1 aromatic rings. The maximum atomic E-state index is 5.63. The zero-order valence-electron chi connectivity index (χ0n) is 14.4. The van der Waals surface area contributed by atoms with Crippen molar-refractivity contribution in [3.05, 3.63) is 11.7 Å². The molecule has 1 aliphatic rings. The van der Waals surface area contributed by atoms with Gasteiger partial charge in [0.2, 0.25) is 5.89 Å². The number of hydrogen-bond donors (Lipinski definition) is 2. The van der Waals surface area contributed by atoms with Crippen molar-refractivity contribution in [1.29, 1.82) is 0 Å². The lowest BCUT2D eigenvalue weighted by Gasteiger charge is -2.12. The van der Waals surface area contributed by atoms with Gasteiger partial charge in [0, 0.05) is 33.2 Å². The van der Waals surface area contributed by atoms with Gasteiger partial charge in [0.05, 0.1) is 12.7 Å². The molecule has 0 aliphatic carbocycles. The van der Waals surface area contributed by atoms with Crippen molar-refractivity contribution < 1.29 is 14.0 Å². The second-order valence-electron chi connectivity index (χ2n) is 5.42. The van der Waals surface area contributed by atoms with Gasteiger partial charge >= 0.3 is 0 Å². The van der Waals surface area contributed by atoms with E-state index in [1.54, 1.807) is 6.92 Å². The summed E-state index contributed by atoms with van der Waals surface area (Å²) in [7, 11) is 0. The molecule has 1 aliphatic heterocycles. The number of rotatable bonds is 9. The van der Waals surface area contributed by atoms with Crippen LogP contribution in [0.25, 0.3) is 0 Å². The van der Waals surface area contributed by atoms with E-state index in [4.69, 9.17) is 14.0 Å². The molecule has 0 spiro atoms. The van der Waals surface area contributed by atoms with Crippen molar-refractivity contribution >= 4 is 29.9 Å². The molecule has 1 saturated heterocycles. The summed E-state index contributed by atoms with van der Waals surface area (Å²) < 4.78 is 16.1. The van der Waals surface area contributed by atoms with E-state index in [0.29, 0.717) is 31.0 Å². The highest BCUT2D eigenvalue weighted by Crippen LogP contribution is 2.11. The van der Waals surface area contributed by atoms with Crippen LogP contribution >= 0.6 is 24.0 Å². The lowest BCUT2D eigenvalue weighted by Crippen LogP contribution is -2.38.